The van der Waals surface area contributed by atoms with Crippen LogP contribution in [-0.4, -0.2) is 59.5 Å². The van der Waals surface area contributed by atoms with Gasteiger partial charge in [0, 0.05) is 18.7 Å². The molecular weight excluding hydrogens is 406 g/mol. The van der Waals surface area contributed by atoms with Crippen LogP contribution in [0.5, 0.6) is 0 Å². The maximum absolute atomic E-state index is 13.4. The summed E-state index contributed by atoms with van der Waals surface area (Å²) in [5, 5.41) is 18.2. The number of oxime groups is 1. The molecule has 3 aliphatic rings. The molecule has 0 bridgehead atoms. The van der Waals surface area contributed by atoms with E-state index >= 15 is 0 Å². The molecule has 2 saturated heterocycles. The molecule has 4 atom stereocenters. The third-order valence-electron chi connectivity index (χ3n) is 7.45. The van der Waals surface area contributed by atoms with Crippen LogP contribution in [0, 0.1) is 11.8 Å². The smallest absolute Gasteiger partial charge is 0.242 e. The summed E-state index contributed by atoms with van der Waals surface area (Å²) in [5.41, 5.74) is 7.29. The topological polar surface area (TPSA) is 120 Å². The van der Waals surface area contributed by atoms with Gasteiger partial charge in [0.05, 0.1) is 6.04 Å². The van der Waals surface area contributed by atoms with Crippen LogP contribution in [-0.2, 0) is 16.0 Å². The summed E-state index contributed by atoms with van der Waals surface area (Å²) in [7, 11) is 0. The number of hydrogen-bond acceptors (Lipinski definition) is 5. The van der Waals surface area contributed by atoms with Gasteiger partial charge in [-0.1, -0.05) is 48.7 Å². The first-order chi connectivity index (χ1) is 15.6. The van der Waals surface area contributed by atoms with Crippen molar-refractivity contribution < 1.29 is 14.8 Å². The Morgan fingerprint density at radius 1 is 1.12 bits per heavy atom. The van der Waals surface area contributed by atoms with Crippen molar-refractivity contribution in [3.8, 4) is 0 Å². The van der Waals surface area contributed by atoms with Crippen molar-refractivity contribution in [2.75, 3.05) is 19.6 Å². The fourth-order valence-electron chi connectivity index (χ4n) is 5.71. The number of carbonyl (C=O) groups is 2. The lowest BCUT2D eigenvalue weighted by Crippen LogP contribution is -2.58. The van der Waals surface area contributed by atoms with Gasteiger partial charge in [-0.25, -0.2) is 0 Å². The minimum atomic E-state index is -0.365. The van der Waals surface area contributed by atoms with Crippen LogP contribution in [0.1, 0.15) is 56.1 Å². The summed E-state index contributed by atoms with van der Waals surface area (Å²) >= 11 is 0. The second kappa shape index (κ2) is 10.3. The van der Waals surface area contributed by atoms with E-state index < -0.39 is 0 Å². The number of nitrogens with one attached hydrogen (secondary N) is 2. The summed E-state index contributed by atoms with van der Waals surface area (Å²) in [5.74, 6) is 1.21. The van der Waals surface area contributed by atoms with Crippen molar-refractivity contribution in [1.29, 1.82) is 0 Å². The number of benzene rings is 1. The zero-order valence-electron chi connectivity index (χ0n) is 18.6. The predicted molar refractivity (Wildman–Crippen MR) is 122 cm³/mol. The van der Waals surface area contributed by atoms with Gasteiger partial charge in [0.1, 0.15) is 6.04 Å². The molecule has 5 N–H and O–H groups in total. The third kappa shape index (κ3) is 4.90. The Bertz CT molecular complexity index is 839. The lowest BCUT2D eigenvalue weighted by atomic mass is 9.71. The first-order valence-corrected chi connectivity index (χ1v) is 12.0. The molecule has 1 unspecified atom stereocenters. The highest BCUT2D eigenvalue weighted by molar-refractivity contribution is 5.97. The molecule has 4 rings (SSSR count). The Kier molecular flexibility index (Phi) is 7.29. The normalized spacial score (nSPS) is 28.2. The molecular formula is C24H35N5O3. The Hall–Kier alpha value is -2.61. The van der Waals surface area contributed by atoms with Gasteiger partial charge in [-0.3, -0.25) is 9.59 Å². The Morgan fingerprint density at radius 2 is 1.91 bits per heavy atom. The van der Waals surface area contributed by atoms with Crippen LogP contribution in [0.4, 0.5) is 0 Å². The van der Waals surface area contributed by atoms with Gasteiger partial charge in [0.25, 0.3) is 0 Å². The number of nitrogens with zero attached hydrogens (tertiary/aromatic N) is 2. The third-order valence-corrected chi connectivity index (χ3v) is 7.45. The highest BCUT2D eigenvalue weighted by Gasteiger charge is 2.43. The van der Waals surface area contributed by atoms with E-state index in [1.54, 1.807) is 12.1 Å². The number of carbonyl (C=O) groups excluding carboxylic acids is 2. The molecule has 1 aliphatic carbocycles. The maximum Gasteiger partial charge on any atom is 0.242 e. The summed E-state index contributed by atoms with van der Waals surface area (Å²) in [4.78, 5) is 28.2. The molecule has 174 valence electrons. The fraction of sp³-hybridized carbons (Fsp3) is 0.625. The van der Waals surface area contributed by atoms with Crippen LogP contribution in [0.2, 0.25) is 0 Å². The Morgan fingerprint density at radius 3 is 2.69 bits per heavy atom. The molecule has 0 aromatic heterocycles. The first kappa shape index (κ1) is 22.6. The number of amidine groups is 1. The summed E-state index contributed by atoms with van der Waals surface area (Å²) in [6.45, 7) is 2.07. The average molecular weight is 442 g/mol. The molecule has 0 radical (unpaired) electrons. The van der Waals surface area contributed by atoms with E-state index in [0.717, 1.165) is 31.4 Å². The number of nitrogens with two attached hydrogens (primary N) is 1. The second-order valence-corrected chi connectivity index (χ2v) is 9.34. The van der Waals surface area contributed by atoms with E-state index in [9.17, 15) is 9.59 Å². The zero-order valence-corrected chi connectivity index (χ0v) is 18.6. The lowest BCUT2D eigenvalue weighted by molar-refractivity contribution is -0.142. The molecule has 2 heterocycles. The molecule has 2 amide bonds. The highest BCUT2D eigenvalue weighted by Crippen LogP contribution is 2.37. The summed E-state index contributed by atoms with van der Waals surface area (Å²) in [6, 6.07) is 6.89. The number of hydrogen-bond donors (Lipinski definition) is 4. The van der Waals surface area contributed by atoms with E-state index in [4.69, 9.17) is 10.9 Å². The number of rotatable bonds is 6. The van der Waals surface area contributed by atoms with Crippen molar-refractivity contribution in [2.45, 2.75) is 63.5 Å². The van der Waals surface area contributed by atoms with E-state index in [0.29, 0.717) is 36.9 Å². The van der Waals surface area contributed by atoms with Gasteiger partial charge < -0.3 is 26.5 Å². The van der Waals surface area contributed by atoms with E-state index in [1.165, 1.54) is 25.7 Å². The maximum atomic E-state index is 13.4. The largest absolute Gasteiger partial charge is 0.409 e. The summed E-state index contributed by atoms with van der Waals surface area (Å²) < 4.78 is 0. The van der Waals surface area contributed by atoms with Gasteiger partial charge in [-0.2, -0.15) is 0 Å². The Balaban J connectivity index is 1.31. The molecule has 32 heavy (non-hydrogen) atoms. The van der Waals surface area contributed by atoms with Crippen LogP contribution >= 0.6 is 0 Å². The van der Waals surface area contributed by atoms with Gasteiger partial charge in [0.2, 0.25) is 11.8 Å². The molecule has 1 aromatic carbocycles. The number of piperidine rings is 1. The van der Waals surface area contributed by atoms with Crippen molar-refractivity contribution in [3.63, 3.8) is 0 Å². The highest BCUT2D eigenvalue weighted by atomic mass is 16.4. The molecule has 1 saturated carbocycles. The predicted octanol–water partition coefficient (Wildman–Crippen LogP) is 1.60. The number of fused-ring (bicyclic) bond motifs is 1. The average Bonchev–Trinajstić information content (AvgIpc) is 3.33. The molecule has 2 aliphatic heterocycles. The standard InChI is InChI=1S/C24H35N5O3/c25-22(28-32)18-9-7-16(8-10-18)11-13-27-23(30)20-6-3-15-29(20)24(31)21-19-5-2-1-4-17(19)12-14-26-21/h7-10,17,19-21,26,32H,1-6,11-15H2,(H2,25,28)(H,27,30)/t17-,19-,20-,21?/m0/s1. The minimum Gasteiger partial charge on any atom is -0.409 e. The van der Waals surface area contributed by atoms with Crippen LogP contribution in [0.15, 0.2) is 29.4 Å². The van der Waals surface area contributed by atoms with Crippen molar-refractivity contribution in [2.24, 2.45) is 22.7 Å². The van der Waals surface area contributed by atoms with Crippen LogP contribution in [0.3, 0.4) is 0 Å². The Labute approximate surface area is 189 Å². The summed E-state index contributed by atoms with van der Waals surface area (Å²) in [6.07, 6.45) is 8.29. The van der Waals surface area contributed by atoms with Crippen molar-refractivity contribution >= 4 is 17.6 Å². The van der Waals surface area contributed by atoms with Crippen LogP contribution < -0.4 is 16.4 Å². The van der Waals surface area contributed by atoms with E-state index in [1.807, 2.05) is 17.0 Å². The molecule has 8 heteroatoms. The van der Waals surface area contributed by atoms with Gasteiger partial charge in [-0.05, 0) is 56.0 Å². The van der Waals surface area contributed by atoms with Crippen molar-refractivity contribution in [3.05, 3.63) is 35.4 Å². The lowest BCUT2D eigenvalue weighted by Gasteiger charge is -2.43. The molecule has 1 aromatic rings. The fourth-order valence-corrected chi connectivity index (χ4v) is 5.71. The molecule has 8 nitrogen and oxygen atoms in total. The molecule has 3 fully saturated rings. The first-order valence-electron chi connectivity index (χ1n) is 12.0. The molecule has 0 spiro atoms. The second-order valence-electron chi connectivity index (χ2n) is 9.34. The van der Waals surface area contributed by atoms with Gasteiger partial charge in [-0.15, -0.1) is 0 Å². The van der Waals surface area contributed by atoms with Gasteiger partial charge >= 0.3 is 0 Å². The number of amides is 2. The SMILES string of the molecule is NC(=NO)c1ccc(CCNC(=O)[C@@H]2CCCN2C(=O)C2NCC[C@@H]3CCCC[C@H]23)cc1. The quantitative estimate of drug-likeness (QED) is 0.231. The van der Waals surface area contributed by atoms with Gasteiger partial charge in [0.15, 0.2) is 5.84 Å². The number of likely N-dealkylation sites (tertiary alicyclic amines) is 1. The van der Waals surface area contributed by atoms with E-state index in [-0.39, 0.29) is 29.7 Å². The minimum absolute atomic E-state index is 0.0554. The van der Waals surface area contributed by atoms with Crippen LogP contribution in [0.25, 0.3) is 0 Å². The van der Waals surface area contributed by atoms with E-state index in [2.05, 4.69) is 15.8 Å². The monoisotopic (exact) mass is 441 g/mol. The zero-order chi connectivity index (χ0) is 22.5. The van der Waals surface area contributed by atoms with Crippen molar-refractivity contribution in [1.82, 2.24) is 15.5 Å².